The molecule has 0 aliphatic heterocycles. The molecule has 0 heterocycles. The Kier molecular flexibility index (Phi) is 9.79. The summed E-state index contributed by atoms with van der Waals surface area (Å²) < 4.78 is 0. The molecule has 0 bridgehead atoms. The molecule has 2 unspecified atom stereocenters. The van der Waals surface area contributed by atoms with E-state index in [9.17, 15) is 0 Å². The summed E-state index contributed by atoms with van der Waals surface area (Å²) in [4.78, 5) is 0. The number of rotatable bonds is 6. The highest BCUT2D eigenvalue weighted by molar-refractivity contribution is 5.99. The van der Waals surface area contributed by atoms with E-state index in [1.807, 2.05) is 0 Å². The molecule has 77 heavy (non-hydrogen) atoms. The van der Waals surface area contributed by atoms with Gasteiger partial charge >= 0.3 is 0 Å². The van der Waals surface area contributed by atoms with Gasteiger partial charge in [0.1, 0.15) is 0 Å². The van der Waals surface area contributed by atoms with E-state index < -0.39 is 5.41 Å². The molecular weight excluding hydrogens is 925 g/mol. The number of hydrogen-bond acceptors (Lipinski definition) is 0. The molecule has 0 aromatic heterocycles. The van der Waals surface area contributed by atoms with Gasteiger partial charge in [-0.15, -0.1) is 0 Å². The van der Waals surface area contributed by atoms with Gasteiger partial charge in [-0.1, -0.05) is 220 Å². The summed E-state index contributed by atoms with van der Waals surface area (Å²) in [5.74, 6) is 0. The summed E-state index contributed by atoms with van der Waals surface area (Å²) in [6.07, 6.45) is 0.904. The molecular formula is C77H60. The van der Waals surface area contributed by atoms with Crippen LogP contribution in [0.15, 0.2) is 224 Å². The minimum absolute atomic E-state index is 0.161. The van der Waals surface area contributed by atoms with Crippen molar-refractivity contribution in [2.75, 3.05) is 0 Å². The van der Waals surface area contributed by atoms with Crippen molar-refractivity contribution in [2.45, 2.75) is 71.1 Å². The second-order valence-corrected chi connectivity index (χ2v) is 23.8. The van der Waals surface area contributed by atoms with Crippen LogP contribution in [0.4, 0.5) is 0 Å². The molecule has 0 saturated heterocycles. The first-order valence-corrected chi connectivity index (χ1v) is 27.7. The highest BCUT2D eigenvalue weighted by Crippen LogP contribution is 2.60. The van der Waals surface area contributed by atoms with E-state index in [1.54, 1.807) is 0 Å². The van der Waals surface area contributed by atoms with Gasteiger partial charge in [0.05, 0.1) is 0 Å². The Hall–Kier alpha value is -8.58. The van der Waals surface area contributed by atoms with Crippen molar-refractivity contribution in [3.8, 4) is 66.8 Å². The minimum atomic E-state index is -0.412. The van der Waals surface area contributed by atoms with Crippen molar-refractivity contribution in [2.24, 2.45) is 0 Å². The minimum Gasteiger partial charge on any atom is -0.0619 e. The van der Waals surface area contributed by atoms with E-state index in [1.165, 1.54) is 160 Å². The van der Waals surface area contributed by atoms with Crippen LogP contribution in [0, 0.1) is 20.8 Å². The van der Waals surface area contributed by atoms with Gasteiger partial charge in [0.15, 0.2) is 0 Å². The standard InChI is InChI=1S/C77H60/c1-46-23-26-51-39-54(30-29-49(51)37-46)58-43-71-74(62-16-9-11-19-66(62)75(71,4)5)72(44-58)77(7)68-21-13-8-15-61(68)64-42-55(34-36-69(64)77)53-33-35-59-56(40-53)28-25-48(3)65(59)45-76(6)67-20-12-10-17-63(67)73-60(18-14-22-70(73)76)57-32-31-50-38-47(2)24-27-52(50)41-57/h8-44H,45H2,1-7H3. The van der Waals surface area contributed by atoms with Gasteiger partial charge in [0.25, 0.3) is 0 Å². The normalized spacial score (nSPS) is 17.3. The van der Waals surface area contributed by atoms with Gasteiger partial charge in [-0.3, -0.25) is 0 Å². The van der Waals surface area contributed by atoms with Crippen LogP contribution in [-0.4, -0.2) is 0 Å². The van der Waals surface area contributed by atoms with Crippen molar-refractivity contribution in [3.63, 3.8) is 0 Å². The van der Waals surface area contributed by atoms with Gasteiger partial charge in [0, 0.05) is 16.2 Å². The van der Waals surface area contributed by atoms with Gasteiger partial charge in [-0.05, 0) is 220 Å². The molecule has 0 nitrogen and oxygen atoms in total. The third-order valence-electron chi connectivity index (χ3n) is 18.8. The Labute approximate surface area is 453 Å². The van der Waals surface area contributed by atoms with Crippen LogP contribution in [0.5, 0.6) is 0 Å². The Morgan fingerprint density at radius 2 is 0.805 bits per heavy atom. The fraction of sp³-hybridized carbons (Fsp3) is 0.143. The second-order valence-electron chi connectivity index (χ2n) is 23.8. The highest BCUT2D eigenvalue weighted by atomic mass is 14.5. The Morgan fingerprint density at radius 1 is 0.299 bits per heavy atom. The Bertz CT molecular complexity index is 4520. The SMILES string of the molecule is Cc1ccc2cc(-c3cc4c(c(C5(C)c6ccccc6-c6cc(-c7ccc8c(CC9(C)c%10ccccc%10-c%10c(-c%11ccc%12cc(C)ccc%12c%11)cccc%109)c(C)ccc8c7)ccc65)c3)-c3ccccc3C4(C)C)ccc2c1. The maximum Gasteiger partial charge on any atom is 0.0442 e. The molecule has 0 heteroatoms. The molecule has 0 fully saturated rings. The summed E-state index contributed by atoms with van der Waals surface area (Å²) >= 11 is 0. The number of hydrogen-bond donors (Lipinski definition) is 0. The molecule has 2 atom stereocenters. The van der Waals surface area contributed by atoms with Gasteiger partial charge in [0.2, 0.25) is 0 Å². The first-order chi connectivity index (χ1) is 37.4. The van der Waals surface area contributed by atoms with E-state index in [4.69, 9.17) is 0 Å². The zero-order chi connectivity index (χ0) is 52.1. The largest absolute Gasteiger partial charge is 0.0619 e. The fourth-order valence-electron chi connectivity index (χ4n) is 14.8. The summed E-state index contributed by atoms with van der Waals surface area (Å²) in [5.41, 5.74) is 29.9. The van der Waals surface area contributed by atoms with Crippen molar-refractivity contribution >= 4 is 32.3 Å². The van der Waals surface area contributed by atoms with Crippen molar-refractivity contribution < 1.29 is 0 Å². The van der Waals surface area contributed by atoms with Gasteiger partial charge < -0.3 is 0 Å². The molecule has 3 aliphatic rings. The van der Waals surface area contributed by atoms with Crippen LogP contribution in [0.25, 0.3) is 99.1 Å². The Morgan fingerprint density at radius 3 is 1.56 bits per heavy atom. The lowest BCUT2D eigenvalue weighted by molar-refractivity contribution is 0.584. The molecule has 15 rings (SSSR count). The third-order valence-corrected chi connectivity index (χ3v) is 18.8. The monoisotopic (exact) mass is 984 g/mol. The predicted octanol–water partition coefficient (Wildman–Crippen LogP) is 20.2. The predicted molar refractivity (Wildman–Crippen MR) is 327 cm³/mol. The summed E-state index contributed by atoms with van der Waals surface area (Å²) in [6, 6.07) is 86.5. The molecule has 0 saturated carbocycles. The lowest BCUT2D eigenvalue weighted by Gasteiger charge is -2.32. The van der Waals surface area contributed by atoms with Crippen LogP contribution in [0.1, 0.15) is 88.9 Å². The third kappa shape index (κ3) is 6.64. The smallest absolute Gasteiger partial charge is 0.0442 e. The molecule has 0 spiro atoms. The molecule has 12 aromatic carbocycles. The van der Waals surface area contributed by atoms with Crippen molar-refractivity contribution in [3.05, 3.63) is 286 Å². The molecule has 0 amide bonds. The fourth-order valence-corrected chi connectivity index (χ4v) is 14.8. The van der Waals surface area contributed by atoms with E-state index in [-0.39, 0.29) is 10.8 Å². The maximum absolute atomic E-state index is 2.54. The first kappa shape index (κ1) is 45.8. The van der Waals surface area contributed by atoms with Gasteiger partial charge in [-0.25, -0.2) is 0 Å². The second kappa shape index (κ2) is 16.5. The quantitative estimate of drug-likeness (QED) is 0.156. The lowest BCUT2D eigenvalue weighted by Crippen LogP contribution is -2.24. The zero-order valence-corrected chi connectivity index (χ0v) is 45.1. The van der Waals surface area contributed by atoms with Crippen LogP contribution in [0.2, 0.25) is 0 Å². The maximum atomic E-state index is 2.54. The van der Waals surface area contributed by atoms with E-state index in [0.29, 0.717) is 0 Å². The highest BCUT2D eigenvalue weighted by Gasteiger charge is 2.47. The number of benzene rings is 12. The van der Waals surface area contributed by atoms with Crippen LogP contribution < -0.4 is 0 Å². The molecule has 12 aromatic rings. The van der Waals surface area contributed by atoms with Crippen LogP contribution >= 0.6 is 0 Å². The average molecular weight is 985 g/mol. The van der Waals surface area contributed by atoms with Crippen molar-refractivity contribution in [1.82, 2.24) is 0 Å². The van der Waals surface area contributed by atoms with Crippen LogP contribution in [0.3, 0.4) is 0 Å². The lowest BCUT2D eigenvalue weighted by atomic mass is 9.70. The van der Waals surface area contributed by atoms with E-state index >= 15 is 0 Å². The van der Waals surface area contributed by atoms with Gasteiger partial charge in [-0.2, -0.15) is 0 Å². The molecule has 3 aliphatic carbocycles. The van der Waals surface area contributed by atoms with E-state index in [2.05, 4.69) is 273 Å². The summed E-state index contributed by atoms with van der Waals surface area (Å²) in [7, 11) is 0. The molecule has 0 N–H and O–H groups in total. The van der Waals surface area contributed by atoms with E-state index in [0.717, 1.165) is 6.42 Å². The number of fused-ring (bicyclic) bond motifs is 12. The number of aryl methyl sites for hydroxylation is 3. The summed E-state index contributed by atoms with van der Waals surface area (Å²) in [6.45, 7) is 16.5. The Balaban J connectivity index is 0.838. The molecule has 368 valence electrons. The average Bonchev–Trinajstić information content (AvgIpc) is 4.18. The summed E-state index contributed by atoms with van der Waals surface area (Å²) in [5, 5.41) is 7.73. The molecule has 0 radical (unpaired) electrons. The van der Waals surface area contributed by atoms with Crippen LogP contribution in [-0.2, 0) is 22.7 Å². The first-order valence-electron chi connectivity index (χ1n) is 27.7. The van der Waals surface area contributed by atoms with Crippen molar-refractivity contribution in [1.29, 1.82) is 0 Å². The topological polar surface area (TPSA) is 0 Å². The zero-order valence-electron chi connectivity index (χ0n) is 45.1.